The van der Waals surface area contributed by atoms with E-state index in [1.165, 1.54) is 0 Å². The lowest BCUT2D eigenvalue weighted by Crippen LogP contribution is -1.92. The molecule has 0 amide bonds. The first-order valence-corrected chi connectivity index (χ1v) is 7.61. The molecule has 0 saturated heterocycles. The summed E-state index contributed by atoms with van der Waals surface area (Å²) in [4.78, 5) is 11.5. The zero-order valence-corrected chi connectivity index (χ0v) is 13.0. The van der Waals surface area contributed by atoms with Crippen LogP contribution in [-0.2, 0) is 0 Å². The second kappa shape index (κ2) is 5.77. The summed E-state index contributed by atoms with van der Waals surface area (Å²) in [7, 11) is 1.81. The van der Waals surface area contributed by atoms with Crippen LogP contribution in [0.25, 0.3) is 33.3 Å². The molecule has 0 fully saturated rings. The van der Waals surface area contributed by atoms with Gasteiger partial charge in [-0.3, -0.25) is 4.98 Å². The number of hydrogen-bond donors (Lipinski definition) is 2. The van der Waals surface area contributed by atoms with Gasteiger partial charge >= 0.3 is 0 Å². The standard InChI is InChI=1S/C19H15FN4/c1-21-19-10-13(5-7-23-19)12-2-3-15(16(20)8-12)17-9-14-4-6-22-11-18(14)24-17/h2-11,24H,1H3,(H,21,23). The summed E-state index contributed by atoms with van der Waals surface area (Å²) in [5.41, 5.74) is 3.91. The van der Waals surface area contributed by atoms with Crippen LogP contribution in [0, 0.1) is 5.82 Å². The Kier molecular flexibility index (Phi) is 3.46. The molecule has 4 rings (SSSR count). The minimum absolute atomic E-state index is 0.269. The van der Waals surface area contributed by atoms with Crippen molar-refractivity contribution in [3.8, 4) is 22.4 Å². The zero-order valence-electron chi connectivity index (χ0n) is 13.0. The fourth-order valence-electron chi connectivity index (χ4n) is 2.78. The summed E-state index contributed by atoms with van der Waals surface area (Å²) in [5.74, 6) is 0.481. The van der Waals surface area contributed by atoms with Gasteiger partial charge in [0.1, 0.15) is 11.6 Å². The lowest BCUT2D eigenvalue weighted by atomic mass is 10.0. The van der Waals surface area contributed by atoms with Crippen LogP contribution in [-0.4, -0.2) is 22.0 Å². The highest BCUT2D eigenvalue weighted by atomic mass is 19.1. The largest absolute Gasteiger partial charge is 0.373 e. The smallest absolute Gasteiger partial charge is 0.133 e. The number of halogens is 1. The lowest BCUT2D eigenvalue weighted by Gasteiger charge is -2.07. The Bertz CT molecular complexity index is 990. The molecule has 0 aliphatic rings. The van der Waals surface area contributed by atoms with Crippen molar-refractivity contribution in [1.29, 1.82) is 0 Å². The molecule has 3 aromatic heterocycles. The van der Waals surface area contributed by atoms with Crippen LogP contribution in [0.3, 0.4) is 0 Å². The normalized spacial score (nSPS) is 10.9. The number of anilines is 1. The van der Waals surface area contributed by atoms with Gasteiger partial charge in [0.2, 0.25) is 0 Å². The number of aromatic amines is 1. The number of benzene rings is 1. The van der Waals surface area contributed by atoms with Gasteiger partial charge in [-0.25, -0.2) is 9.37 Å². The van der Waals surface area contributed by atoms with E-state index in [0.717, 1.165) is 33.5 Å². The molecule has 0 radical (unpaired) electrons. The molecule has 4 aromatic rings. The average Bonchev–Trinajstić information content (AvgIpc) is 3.05. The number of hydrogen-bond acceptors (Lipinski definition) is 3. The highest BCUT2D eigenvalue weighted by Crippen LogP contribution is 2.30. The van der Waals surface area contributed by atoms with Gasteiger partial charge in [-0.15, -0.1) is 0 Å². The summed E-state index contributed by atoms with van der Waals surface area (Å²) in [6, 6.07) is 12.8. The quantitative estimate of drug-likeness (QED) is 0.586. The Hall–Kier alpha value is -3.21. The van der Waals surface area contributed by atoms with Gasteiger partial charge in [0.15, 0.2) is 0 Å². The molecule has 5 heteroatoms. The van der Waals surface area contributed by atoms with Crippen molar-refractivity contribution in [3.05, 3.63) is 66.9 Å². The fourth-order valence-corrected chi connectivity index (χ4v) is 2.78. The molecule has 0 saturated carbocycles. The molecule has 0 aliphatic carbocycles. The molecular weight excluding hydrogens is 303 g/mol. The zero-order chi connectivity index (χ0) is 16.5. The number of aromatic nitrogens is 3. The third-order valence-corrected chi connectivity index (χ3v) is 4.03. The van der Waals surface area contributed by atoms with E-state index in [9.17, 15) is 4.39 Å². The van der Waals surface area contributed by atoms with Gasteiger partial charge in [-0.1, -0.05) is 6.07 Å². The van der Waals surface area contributed by atoms with Crippen LogP contribution in [0.5, 0.6) is 0 Å². The topological polar surface area (TPSA) is 53.6 Å². The lowest BCUT2D eigenvalue weighted by molar-refractivity contribution is 0.631. The second-order valence-electron chi connectivity index (χ2n) is 5.52. The number of fused-ring (bicyclic) bond motifs is 1. The van der Waals surface area contributed by atoms with Gasteiger partial charge < -0.3 is 10.3 Å². The summed E-state index contributed by atoms with van der Waals surface area (Å²) >= 11 is 0. The fraction of sp³-hybridized carbons (Fsp3) is 0.0526. The van der Waals surface area contributed by atoms with Crippen molar-refractivity contribution in [2.45, 2.75) is 0 Å². The molecule has 0 unspecified atom stereocenters. The number of nitrogens with one attached hydrogen (secondary N) is 2. The third kappa shape index (κ3) is 2.50. The van der Waals surface area contributed by atoms with E-state index in [2.05, 4.69) is 20.3 Å². The van der Waals surface area contributed by atoms with Crippen LogP contribution in [0.4, 0.5) is 10.2 Å². The highest BCUT2D eigenvalue weighted by Gasteiger charge is 2.10. The number of pyridine rings is 2. The third-order valence-electron chi connectivity index (χ3n) is 4.03. The molecule has 1 aromatic carbocycles. The molecule has 0 spiro atoms. The van der Waals surface area contributed by atoms with Gasteiger partial charge in [0, 0.05) is 36.1 Å². The van der Waals surface area contributed by atoms with E-state index in [1.54, 1.807) is 37.8 Å². The van der Waals surface area contributed by atoms with E-state index in [1.807, 2.05) is 30.3 Å². The predicted octanol–water partition coefficient (Wildman–Crippen LogP) is 4.47. The summed E-state index contributed by atoms with van der Waals surface area (Å²) in [6.45, 7) is 0. The van der Waals surface area contributed by atoms with E-state index in [0.29, 0.717) is 5.56 Å². The maximum absolute atomic E-state index is 14.7. The Morgan fingerprint density at radius 3 is 2.67 bits per heavy atom. The minimum Gasteiger partial charge on any atom is -0.373 e. The van der Waals surface area contributed by atoms with Crippen LogP contribution in [0.15, 0.2) is 61.1 Å². The minimum atomic E-state index is -0.269. The summed E-state index contributed by atoms with van der Waals surface area (Å²) in [5, 5.41) is 4.00. The molecule has 118 valence electrons. The van der Waals surface area contributed by atoms with Crippen molar-refractivity contribution < 1.29 is 4.39 Å². The average molecular weight is 318 g/mol. The van der Waals surface area contributed by atoms with E-state index in [4.69, 9.17) is 0 Å². The highest BCUT2D eigenvalue weighted by molar-refractivity contribution is 5.85. The molecule has 3 heterocycles. The first-order chi connectivity index (χ1) is 11.7. The van der Waals surface area contributed by atoms with E-state index >= 15 is 0 Å². The number of nitrogens with zero attached hydrogens (tertiary/aromatic N) is 2. The van der Waals surface area contributed by atoms with Crippen molar-refractivity contribution >= 4 is 16.7 Å². The van der Waals surface area contributed by atoms with E-state index in [-0.39, 0.29) is 5.82 Å². The monoisotopic (exact) mass is 318 g/mol. The van der Waals surface area contributed by atoms with Crippen LogP contribution >= 0.6 is 0 Å². The van der Waals surface area contributed by atoms with Crippen LogP contribution in [0.1, 0.15) is 0 Å². The maximum Gasteiger partial charge on any atom is 0.133 e. The predicted molar refractivity (Wildman–Crippen MR) is 94.3 cm³/mol. The molecule has 2 N–H and O–H groups in total. The SMILES string of the molecule is CNc1cc(-c2ccc(-c3cc4ccncc4[nH]3)c(F)c2)ccn1. The summed E-state index contributed by atoms with van der Waals surface area (Å²) < 4.78 is 14.7. The van der Waals surface area contributed by atoms with Gasteiger partial charge in [0.25, 0.3) is 0 Å². The number of rotatable bonds is 3. The van der Waals surface area contributed by atoms with Crippen LogP contribution < -0.4 is 5.32 Å². The molecule has 0 atom stereocenters. The summed E-state index contributed by atoms with van der Waals surface area (Å²) in [6.07, 6.45) is 5.17. The van der Waals surface area contributed by atoms with Crippen molar-refractivity contribution in [1.82, 2.24) is 15.0 Å². The Morgan fingerprint density at radius 1 is 1.00 bits per heavy atom. The molecular formula is C19H15FN4. The first kappa shape index (κ1) is 14.4. The maximum atomic E-state index is 14.7. The van der Waals surface area contributed by atoms with E-state index < -0.39 is 0 Å². The first-order valence-electron chi connectivity index (χ1n) is 7.61. The van der Waals surface area contributed by atoms with Gasteiger partial charge in [-0.2, -0.15) is 0 Å². The van der Waals surface area contributed by atoms with Crippen molar-refractivity contribution in [3.63, 3.8) is 0 Å². The number of H-pyrrole nitrogens is 1. The second-order valence-corrected chi connectivity index (χ2v) is 5.52. The molecule has 0 aliphatic heterocycles. The van der Waals surface area contributed by atoms with Crippen LogP contribution in [0.2, 0.25) is 0 Å². The van der Waals surface area contributed by atoms with Crippen molar-refractivity contribution in [2.24, 2.45) is 0 Å². The Morgan fingerprint density at radius 2 is 1.88 bits per heavy atom. The van der Waals surface area contributed by atoms with Gasteiger partial charge in [0.05, 0.1) is 11.7 Å². The molecule has 0 bridgehead atoms. The Labute approximate surface area is 138 Å². The molecule has 24 heavy (non-hydrogen) atoms. The Balaban J connectivity index is 1.76. The van der Waals surface area contributed by atoms with Gasteiger partial charge in [-0.05, 0) is 47.5 Å². The molecule has 4 nitrogen and oxygen atoms in total. The van der Waals surface area contributed by atoms with Crippen molar-refractivity contribution in [2.75, 3.05) is 12.4 Å².